The number of carbonyl (C=O) groups excluding carboxylic acids is 1. The number of amides is 1. The van der Waals surface area contributed by atoms with Crippen molar-refractivity contribution in [2.24, 2.45) is 5.73 Å². The van der Waals surface area contributed by atoms with Crippen LogP contribution in [0.5, 0.6) is 0 Å². The number of benzene rings is 2. The van der Waals surface area contributed by atoms with Crippen molar-refractivity contribution in [1.29, 1.82) is 0 Å². The zero-order chi connectivity index (χ0) is 19.9. The molecule has 0 fully saturated rings. The van der Waals surface area contributed by atoms with E-state index in [0.29, 0.717) is 11.6 Å². The fourth-order valence-corrected chi connectivity index (χ4v) is 4.02. The standard InChI is InChI=1S/C22H32N2O2Si/c1-17(10-11-18-12-14-20(15-13-18)22(23)25)24-16-21(26-27(2,3)4)19-8-6-5-7-9-19/h5-9,12-15,17,21,24H,10-11,16H2,1-4H3,(H2,23,25)/t17?,21-/m1/s1. The Morgan fingerprint density at radius 3 is 2.26 bits per heavy atom. The first kappa shape index (κ1) is 21.3. The molecule has 0 heterocycles. The molecule has 0 aliphatic rings. The van der Waals surface area contributed by atoms with Crippen molar-refractivity contribution in [2.45, 2.75) is 51.6 Å². The molecule has 0 aromatic heterocycles. The molecule has 3 N–H and O–H groups in total. The number of aryl methyl sites for hydroxylation is 1. The third-order valence-corrected chi connectivity index (χ3v) is 5.41. The summed E-state index contributed by atoms with van der Waals surface area (Å²) in [6.45, 7) is 9.68. The fourth-order valence-electron chi connectivity index (χ4n) is 2.95. The van der Waals surface area contributed by atoms with Crippen LogP contribution in [0.15, 0.2) is 54.6 Å². The molecule has 2 rings (SSSR count). The molecular weight excluding hydrogens is 352 g/mol. The van der Waals surface area contributed by atoms with Gasteiger partial charge in [-0.2, -0.15) is 0 Å². The molecule has 0 bridgehead atoms. The topological polar surface area (TPSA) is 64.4 Å². The van der Waals surface area contributed by atoms with Crippen LogP contribution in [0.3, 0.4) is 0 Å². The van der Waals surface area contributed by atoms with Crippen molar-refractivity contribution in [3.8, 4) is 0 Å². The number of nitrogens with one attached hydrogen (secondary N) is 1. The highest BCUT2D eigenvalue weighted by atomic mass is 28.4. The van der Waals surface area contributed by atoms with E-state index in [4.69, 9.17) is 10.2 Å². The quantitative estimate of drug-likeness (QED) is 0.601. The first-order valence-corrected chi connectivity index (χ1v) is 13.0. The van der Waals surface area contributed by atoms with E-state index in [2.05, 4.69) is 56.1 Å². The lowest BCUT2D eigenvalue weighted by molar-refractivity contribution is 0.100. The maximum absolute atomic E-state index is 11.1. The Balaban J connectivity index is 1.87. The minimum Gasteiger partial charge on any atom is -0.409 e. The third kappa shape index (κ3) is 7.67. The number of hydrogen-bond donors (Lipinski definition) is 2. The van der Waals surface area contributed by atoms with Crippen molar-refractivity contribution in [3.63, 3.8) is 0 Å². The van der Waals surface area contributed by atoms with E-state index in [0.717, 1.165) is 19.4 Å². The van der Waals surface area contributed by atoms with Crippen LogP contribution >= 0.6 is 0 Å². The smallest absolute Gasteiger partial charge is 0.248 e. The van der Waals surface area contributed by atoms with Crippen molar-refractivity contribution in [3.05, 3.63) is 71.3 Å². The molecule has 0 saturated heterocycles. The van der Waals surface area contributed by atoms with Gasteiger partial charge in [-0.25, -0.2) is 0 Å². The Morgan fingerprint density at radius 1 is 1.07 bits per heavy atom. The van der Waals surface area contributed by atoms with Gasteiger partial charge in [-0.05, 0) is 62.7 Å². The maximum atomic E-state index is 11.1. The Labute approximate surface area is 164 Å². The van der Waals surface area contributed by atoms with E-state index >= 15 is 0 Å². The molecule has 0 aliphatic heterocycles. The monoisotopic (exact) mass is 384 g/mol. The van der Waals surface area contributed by atoms with Gasteiger partial charge >= 0.3 is 0 Å². The largest absolute Gasteiger partial charge is 0.409 e. The molecule has 0 saturated carbocycles. The molecule has 4 nitrogen and oxygen atoms in total. The third-order valence-electron chi connectivity index (χ3n) is 4.42. The van der Waals surface area contributed by atoms with Crippen molar-refractivity contribution in [2.75, 3.05) is 6.54 Å². The molecular formula is C22H32N2O2Si. The average molecular weight is 385 g/mol. The van der Waals surface area contributed by atoms with Gasteiger partial charge in [0.15, 0.2) is 8.32 Å². The van der Waals surface area contributed by atoms with Crippen molar-refractivity contribution in [1.82, 2.24) is 5.32 Å². The molecule has 0 radical (unpaired) electrons. The van der Waals surface area contributed by atoms with Crippen LogP contribution in [-0.2, 0) is 10.8 Å². The molecule has 2 aromatic rings. The van der Waals surface area contributed by atoms with Gasteiger partial charge in [0, 0.05) is 18.2 Å². The van der Waals surface area contributed by atoms with Crippen molar-refractivity contribution < 1.29 is 9.22 Å². The van der Waals surface area contributed by atoms with E-state index in [1.54, 1.807) is 12.1 Å². The highest BCUT2D eigenvalue weighted by molar-refractivity contribution is 6.69. The van der Waals surface area contributed by atoms with Gasteiger partial charge in [0.25, 0.3) is 0 Å². The van der Waals surface area contributed by atoms with Crippen LogP contribution in [0, 0.1) is 0 Å². The highest BCUT2D eigenvalue weighted by Gasteiger charge is 2.22. The minimum atomic E-state index is -1.64. The summed E-state index contributed by atoms with van der Waals surface area (Å²) in [5.41, 5.74) is 8.28. The van der Waals surface area contributed by atoms with Crippen LogP contribution in [0.1, 0.15) is 40.9 Å². The molecule has 2 atom stereocenters. The van der Waals surface area contributed by atoms with Gasteiger partial charge in [0.1, 0.15) is 0 Å². The first-order valence-electron chi connectivity index (χ1n) is 9.59. The Kier molecular flexibility index (Phi) is 7.77. The van der Waals surface area contributed by atoms with Gasteiger partial charge in [-0.1, -0.05) is 42.5 Å². The van der Waals surface area contributed by atoms with E-state index in [-0.39, 0.29) is 12.0 Å². The number of nitrogens with two attached hydrogens (primary N) is 1. The molecule has 1 unspecified atom stereocenters. The maximum Gasteiger partial charge on any atom is 0.248 e. The van der Waals surface area contributed by atoms with E-state index in [1.165, 1.54) is 11.1 Å². The molecule has 5 heteroatoms. The second-order valence-electron chi connectivity index (χ2n) is 8.04. The molecule has 2 aromatic carbocycles. The van der Waals surface area contributed by atoms with Crippen LogP contribution in [0.25, 0.3) is 0 Å². The highest BCUT2D eigenvalue weighted by Crippen LogP contribution is 2.22. The molecule has 0 spiro atoms. The molecule has 27 heavy (non-hydrogen) atoms. The van der Waals surface area contributed by atoms with E-state index in [1.807, 2.05) is 18.2 Å². The summed E-state index contributed by atoms with van der Waals surface area (Å²) in [4.78, 5) is 11.1. The molecule has 0 aliphatic carbocycles. The SMILES string of the molecule is CC(CCc1ccc(C(N)=O)cc1)NC[C@@H](O[Si](C)(C)C)c1ccccc1. The summed E-state index contributed by atoms with van der Waals surface area (Å²) in [5, 5.41) is 3.63. The lowest BCUT2D eigenvalue weighted by Crippen LogP contribution is -2.36. The Hall–Kier alpha value is -1.95. The summed E-state index contributed by atoms with van der Waals surface area (Å²) >= 11 is 0. The second-order valence-corrected chi connectivity index (χ2v) is 12.5. The Morgan fingerprint density at radius 2 is 1.70 bits per heavy atom. The van der Waals surface area contributed by atoms with Gasteiger partial charge in [0.2, 0.25) is 5.91 Å². The summed E-state index contributed by atoms with van der Waals surface area (Å²) in [5.74, 6) is -0.383. The van der Waals surface area contributed by atoms with Gasteiger partial charge < -0.3 is 15.5 Å². The second kappa shape index (κ2) is 9.83. The van der Waals surface area contributed by atoms with Crippen LogP contribution in [0.4, 0.5) is 0 Å². The lowest BCUT2D eigenvalue weighted by Gasteiger charge is -2.28. The fraction of sp³-hybridized carbons (Fsp3) is 0.409. The Bertz CT molecular complexity index is 711. The number of primary amides is 1. The molecule has 1 amide bonds. The van der Waals surface area contributed by atoms with E-state index < -0.39 is 8.32 Å². The number of carbonyl (C=O) groups is 1. The molecule has 146 valence electrons. The minimum absolute atomic E-state index is 0.0789. The number of hydrogen-bond acceptors (Lipinski definition) is 3. The van der Waals surface area contributed by atoms with Gasteiger partial charge in [-0.3, -0.25) is 4.79 Å². The zero-order valence-electron chi connectivity index (χ0n) is 16.9. The predicted molar refractivity (Wildman–Crippen MR) is 114 cm³/mol. The van der Waals surface area contributed by atoms with Crippen LogP contribution < -0.4 is 11.1 Å². The lowest BCUT2D eigenvalue weighted by atomic mass is 10.0. The van der Waals surface area contributed by atoms with Crippen LogP contribution in [0.2, 0.25) is 19.6 Å². The van der Waals surface area contributed by atoms with Crippen molar-refractivity contribution >= 4 is 14.2 Å². The predicted octanol–water partition coefficient (Wildman–Crippen LogP) is 4.29. The normalized spacial score (nSPS) is 13.9. The number of rotatable bonds is 10. The van der Waals surface area contributed by atoms with Gasteiger partial charge in [-0.15, -0.1) is 0 Å². The first-order chi connectivity index (χ1) is 12.7. The summed E-state index contributed by atoms with van der Waals surface area (Å²) in [6.07, 6.45) is 2.05. The average Bonchev–Trinajstić information content (AvgIpc) is 2.63. The zero-order valence-corrected chi connectivity index (χ0v) is 17.9. The van der Waals surface area contributed by atoms with Crippen LogP contribution in [-0.4, -0.2) is 26.8 Å². The van der Waals surface area contributed by atoms with E-state index in [9.17, 15) is 4.79 Å². The summed E-state index contributed by atoms with van der Waals surface area (Å²) < 4.78 is 6.41. The van der Waals surface area contributed by atoms with Gasteiger partial charge in [0.05, 0.1) is 6.10 Å². The summed E-state index contributed by atoms with van der Waals surface area (Å²) in [6, 6.07) is 18.4. The summed E-state index contributed by atoms with van der Waals surface area (Å²) in [7, 11) is -1.64.